The molecule has 0 spiro atoms. The maximum absolute atomic E-state index is 12.4. The van der Waals surface area contributed by atoms with Crippen LogP contribution < -0.4 is 4.72 Å². The Hall–Kier alpha value is -0.930. The van der Waals surface area contributed by atoms with Crippen LogP contribution in [-0.2, 0) is 19.6 Å². The molecular weight excluding hydrogens is 377 g/mol. The van der Waals surface area contributed by atoms with Gasteiger partial charge in [-0.2, -0.15) is 0 Å². The maximum Gasteiger partial charge on any atom is 0.323 e. The Morgan fingerprint density at radius 3 is 2.54 bits per heavy atom. The summed E-state index contributed by atoms with van der Waals surface area (Å²) in [7, 11) is -3.71. The molecule has 3 heterocycles. The summed E-state index contributed by atoms with van der Waals surface area (Å²) in [6.45, 7) is 1.75. The van der Waals surface area contributed by atoms with Crippen LogP contribution in [0.2, 0.25) is 10.2 Å². The lowest BCUT2D eigenvalue weighted by Crippen LogP contribution is -2.49. The lowest BCUT2D eigenvalue weighted by molar-refractivity contribution is -0.142. The molecule has 2 fully saturated rings. The molecule has 2 aliphatic rings. The molecule has 24 heavy (non-hydrogen) atoms. The number of cyclic esters (lactones) is 1. The minimum atomic E-state index is -3.71. The number of piperidine rings is 1. The Bertz CT molecular complexity index is 736. The molecule has 0 amide bonds. The molecule has 1 aromatic rings. The second kappa shape index (κ2) is 7.13. The summed E-state index contributed by atoms with van der Waals surface area (Å²) in [6, 6.07) is 0.892. The standard InChI is InChI=1S/C14H17Cl2N3O4S/c15-11-7-10(8-17-13(11)16)24(21,22)18-9-1-4-19(5-2-9)12-3-6-23-14(12)20/h7-9,12,18H,1-6H2/t12-/m0/s1. The predicted octanol–water partition coefficient (Wildman–Crippen LogP) is 1.45. The average molecular weight is 394 g/mol. The number of pyridine rings is 1. The van der Waals surface area contributed by atoms with Crippen molar-refractivity contribution in [3.63, 3.8) is 0 Å². The average Bonchev–Trinajstić information content (AvgIpc) is 2.96. The van der Waals surface area contributed by atoms with Crippen LogP contribution in [0.15, 0.2) is 17.2 Å². The number of nitrogens with one attached hydrogen (secondary N) is 1. The molecule has 0 radical (unpaired) electrons. The van der Waals surface area contributed by atoms with E-state index in [9.17, 15) is 13.2 Å². The fourth-order valence-electron chi connectivity index (χ4n) is 2.98. The molecule has 10 heteroatoms. The van der Waals surface area contributed by atoms with E-state index in [1.54, 1.807) is 0 Å². The van der Waals surface area contributed by atoms with Gasteiger partial charge in [0.05, 0.1) is 11.6 Å². The van der Waals surface area contributed by atoms with Gasteiger partial charge in [0.15, 0.2) is 0 Å². The largest absolute Gasteiger partial charge is 0.464 e. The third-order valence-electron chi connectivity index (χ3n) is 4.28. The zero-order valence-electron chi connectivity index (χ0n) is 12.7. The van der Waals surface area contributed by atoms with Crippen molar-refractivity contribution in [1.82, 2.24) is 14.6 Å². The van der Waals surface area contributed by atoms with Crippen LogP contribution in [0.5, 0.6) is 0 Å². The summed E-state index contributed by atoms with van der Waals surface area (Å²) in [5.41, 5.74) is 0. The number of carbonyl (C=O) groups excluding carboxylic acids is 1. The molecule has 0 aliphatic carbocycles. The molecule has 132 valence electrons. The molecule has 2 aliphatic heterocycles. The second-order valence-corrected chi connectivity index (χ2v) is 8.33. The van der Waals surface area contributed by atoms with E-state index in [1.807, 2.05) is 0 Å². The molecular formula is C14H17Cl2N3O4S. The van der Waals surface area contributed by atoms with Crippen molar-refractivity contribution in [3.05, 3.63) is 22.4 Å². The van der Waals surface area contributed by atoms with Gasteiger partial charge in [-0.1, -0.05) is 23.2 Å². The van der Waals surface area contributed by atoms with Gasteiger partial charge in [0.2, 0.25) is 10.0 Å². The number of hydrogen-bond donors (Lipinski definition) is 1. The van der Waals surface area contributed by atoms with E-state index < -0.39 is 10.0 Å². The highest BCUT2D eigenvalue weighted by molar-refractivity contribution is 7.89. The molecule has 2 saturated heterocycles. The minimum Gasteiger partial charge on any atom is -0.464 e. The van der Waals surface area contributed by atoms with Gasteiger partial charge in [-0.25, -0.2) is 18.1 Å². The van der Waals surface area contributed by atoms with Gasteiger partial charge in [-0.3, -0.25) is 9.69 Å². The van der Waals surface area contributed by atoms with Crippen molar-refractivity contribution < 1.29 is 17.9 Å². The summed E-state index contributed by atoms with van der Waals surface area (Å²) < 4.78 is 32.5. The third kappa shape index (κ3) is 3.83. The molecule has 1 aromatic heterocycles. The number of carbonyl (C=O) groups is 1. The van der Waals surface area contributed by atoms with Crippen molar-refractivity contribution in [1.29, 1.82) is 0 Å². The summed E-state index contributed by atoms with van der Waals surface area (Å²) in [6.07, 6.45) is 3.12. The topological polar surface area (TPSA) is 88.6 Å². The number of nitrogens with zero attached hydrogens (tertiary/aromatic N) is 2. The Kier molecular flexibility index (Phi) is 5.31. The van der Waals surface area contributed by atoms with Gasteiger partial charge in [0, 0.05) is 31.7 Å². The molecule has 0 unspecified atom stereocenters. The van der Waals surface area contributed by atoms with E-state index in [-0.39, 0.29) is 33.1 Å². The smallest absolute Gasteiger partial charge is 0.323 e. The molecule has 1 atom stereocenters. The van der Waals surface area contributed by atoms with Gasteiger partial charge < -0.3 is 4.74 Å². The van der Waals surface area contributed by atoms with Gasteiger partial charge in [0.25, 0.3) is 0 Å². The van der Waals surface area contributed by atoms with E-state index in [4.69, 9.17) is 27.9 Å². The van der Waals surface area contributed by atoms with E-state index in [1.165, 1.54) is 12.3 Å². The first kappa shape index (κ1) is 17.9. The van der Waals surface area contributed by atoms with E-state index in [2.05, 4.69) is 14.6 Å². The summed E-state index contributed by atoms with van der Waals surface area (Å²) in [4.78, 5) is 17.4. The molecule has 7 nitrogen and oxygen atoms in total. The lowest BCUT2D eigenvalue weighted by Gasteiger charge is -2.34. The number of esters is 1. The SMILES string of the molecule is O=C1OCC[C@@H]1N1CCC(NS(=O)(=O)c2cnc(Cl)c(Cl)c2)CC1. The van der Waals surface area contributed by atoms with Gasteiger partial charge in [-0.15, -0.1) is 0 Å². The third-order valence-corrected chi connectivity index (χ3v) is 6.45. The highest BCUT2D eigenvalue weighted by atomic mass is 35.5. The highest BCUT2D eigenvalue weighted by Crippen LogP contribution is 2.24. The Morgan fingerprint density at radius 2 is 1.96 bits per heavy atom. The van der Waals surface area contributed by atoms with Crippen LogP contribution in [0.1, 0.15) is 19.3 Å². The van der Waals surface area contributed by atoms with E-state index in [0.717, 1.165) is 0 Å². The maximum atomic E-state index is 12.4. The first-order valence-corrected chi connectivity index (χ1v) is 9.85. The summed E-state index contributed by atoms with van der Waals surface area (Å²) >= 11 is 11.5. The monoisotopic (exact) mass is 393 g/mol. The van der Waals surface area contributed by atoms with Crippen molar-refractivity contribution in [2.24, 2.45) is 0 Å². The fraction of sp³-hybridized carbons (Fsp3) is 0.571. The zero-order chi connectivity index (χ0) is 17.3. The zero-order valence-corrected chi connectivity index (χ0v) is 15.1. The van der Waals surface area contributed by atoms with Gasteiger partial charge in [-0.05, 0) is 18.9 Å². The lowest BCUT2D eigenvalue weighted by atomic mass is 10.0. The summed E-state index contributed by atoms with van der Waals surface area (Å²) in [5, 5.41) is 0.154. The molecule has 0 aromatic carbocycles. The van der Waals surface area contributed by atoms with Crippen LogP contribution >= 0.6 is 23.2 Å². The van der Waals surface area contributed by atoms with Gasteiger partial charge in [0.1, 0.15) is 16.1 Å². The van der Waals surface area contributed by atoms with Crippen LogP contribution in [0.25, 0.3) is 0 Å². The van der Waals surface area contributed by atoms with Gasteiger partial charge >= 0.3 is 5.97 Å². The normalized spacial score (nSPS) is 23.4. The first-order valence-electron chi connectivity index (χ1n) is 7.61. The first-order chi connectivity index (χ1) is 11.4. The number of sulfonamides is 1. The van der Waals surface area contributed by atoms with E-state index in [0.29, 0.717) is 39.0 Å². The molecule has 0 bridgehead atoms. The van der Waals surface area contributed by atoms with Crippen molar-refractivity contribution in [2.45, 2.75) is 36.2 Å². The van der Waals surface area contributed by atoms with Crippen LogP contribution in [0, 0.1) is 0 Å². The Balaban J connectivity index is 1.60. The molecule has 0 saturated carbocycles. The number of rotatable bonds is 4. The van der Waals surface area contributed by atoms with Crippen molar-refractivity contribution in [2.75, 3.05) is 19.7 Å². The summed E-state index contributed by atoms with van der Waals surface area (Å²) in [5.74, 6) is -0.184. The number of ether oxygens (including phenoxy) is 1. The fourth-order valence-corrected chi connectivity index (χ4v) is 4.59. The molecule has 1 N–H and O–H groups in total. The molecule has 3 rings (SSSR count). The number of aromatic nitrogens is 1. The Morgan fingerprint density at radius 1 is 1.25 bits per heavy atom. The van der Waals surface area contributed by atoms with E-state index >= 15 is 0 Å². The number of likely N-dealkylation sites (tertiary alicyclic amines) is 1. The number of hydrogen-bond acceptors (Lipinski definition) is 6. The quantitative estimate of drug-likeness (QED) is 0.614. The van der Waals surface area contributed by atoms with Crippen LogP contribution in [0.3, 0.4) is 0 Å². The van der Waals surface area contributed by atoms with Crippen LogP contribution in [-0.4, -0.2) is 56.1 Å². The van der Waals surface area contributed by atoms with Crippen molar-refractivity contribution in [3.8, 4) is 0 Å². The van der Waals surface area contributed by atoms with Crippen molar-refractivity contribution >= 4 is 39.2 Å². The second-order valence-electron chi connectivity index (χ2n) is 5.85. The highest BCUT2D eigenvalue weighted by Gasteiger charge is 2.35. The minimum absolute atomic E-state index is 0.0151. The predicted molar refractivity (Wildman–Crippen MR) is 88.5 cm³/mol. The number of halogens is 2. The Labute approximate surface area is 150 Å². The van der Waals surface area contributed by atoms with Crippen LogP contribution in [0.4, 0.5) is 0 Å².